The summed E-state index contributed by atoms with van der Waals surface area (Å²) in [5.41, 5.74) is 2.76. The summed E-state index contributed by atoms with van der Waals surface area (Å²) in [6.07, 6.45) is 1.03. The lowest BCUT2D eigenvalue weighted by atomic mass is 10.1. The van der Waals surface area contributed by atoms with E-state index in [2.05, 4.69) is 0 Å². The minimum Gasteiger partial charge on any atom is -0.456 e. The Kier molecular flexibility index (Phi) is 3.75. The van der Waals surface area contributed by atoms with Gasteiger partial charge in [-0.1, -0.05) is 48.5 Å². The third kappa shape index (κ3) is 2.88. The van der Waals surface area contributed by atoms with Gasteiger partial charge < -0.3 is 9.15 Å². The average Bonchev–Trinajstić information content (AvgIpc) is 2.99. The molecule has 4 rings (SSSR count). The maximum Gasteiger partial charge on any atom is 0.311 e. The number of carbonyl (C=O) groups is 1. The second-order valence-electron chi connectivity index (χ2n) is 5.72. The Balaban J connectivity index is 1.51. The van der Waals surface area contributed by atoms with E-state index in [0.717, 1.165) is 27.5 Å². The molecule has 0 amide bonds. The van der Waals surface area contributed by atoms with Crippen LogP contribution in [0.3, 0.4) is 0 Å². The molecule has 1 aromatic heterocycles. The van der Waals surface area contributed by atoms with Crippen molar-refractivity contribution in [2.45, 2.75) is 12.8 Å². The number of para-hydroxylation sites is 1. The molecule has 0 N–H and O–H groups in total. The van der Waals surface area contributed by atoms with Crippen molar-refractivity contribution in [1.82, 2.24) is 0 Å². The van der Waals surface area contributed by atoms with E-state index in [1.165, 1.54) is 0 Å². The number of rotatable bonds is 4. The van der Waals surface area contributed by atoms with Crippen LogP contribution in [-0.2, 0) is 11.2 Å². The molecule has 0 aliphatic carbocycles. The number of hydrogen-bond acceptors (Lipinski definition) is 3. The fourth-order valence-electron chi connectivity index (χ4n) is 2.84. The molecule has 0 spiro atoms. The summed E-state index contributed by atoms with van der Waals surface area (Å²) in [7, 11) is 0. The lowest BCUT2D eigenvalue weighted by Crippen LogP contribution is -2.08. The molecular weight excluding hydrogens is 300 g/mol. The molecule has 1 heterocycles. The van der Waals surface area contributed by atoms with Gasteiger partial charge in [-0.25, -0.2) is 0 Å². The summed E-state index contributed by atoms with van der Waals surface area (Å²) in [4.78, 5) is 12.1. The van der Waals surface area contributed by atoms with Gasteiger partial charge in [-0.3, -0.25) is 4.79 Å². The summed E-state index contributed by atoms with van der Waals surface area (Å²) in [5.74, 6) is 0.318. The van der Waals surface area contributed by atoms with E-state index in [4.69, 9.17) is 9.15 Å². The van der Waals surface area contributed by atoms with Gasteiger partial charge in [0, 0.05) is 17.2 Å². The van der Waals surface area contributed by atoms with Gasteiger partial charge in [-0.15, -0.1) is 0 Å². The maximum atomic E-state index is 12.1. The van der Waals surface area contributed by atoms with E-state index >= 15 is 0 Å². The molecule has 3 heteroatoms. The van der Waals surface area contributed by atoms with Gasteiger partial charge in [0.05, 0.1) is 0 Å². The van der Waals surface area contributed by atoms with Crippen LogP contribution in [-0.4, -0.2) is 5.97 Å². The second-order valence-corrected chi connectivity index (χ2v) is 5.72. The zero-order chi connectivity index (χ0) is 16.4. The van der Waals surface area contributed by atoms with Crippen molar-refractivity contribution in [1.29, 1.82) is 0 Å². The first kappa shape index (κ1) is 14.5. The van der Waals surface area contributed by atoms with Crippen molar-refractivity contribution >= 4 is 27.9 Å². The fourth-order valence-corrected chi connectivity index (χ4v) is 2.84. The number of esters is 1. The van der Waals surface area contributed by atoms with Crippen molar-refractivity contribution in [3.8, 4) is 5.75 Å². The second kappa shape index (κ2) is 6.20. The van der Waals surface area contributed by atoms with Crippen molar-refractivity contribution in [2.24, 2.45) is 0 Å². The van der Waals surface area contributed by atoms with Crippen LogP contribution in [0.5, 0.6) is 5.75 Å². The molecule has 0 radical (unpaired) electrons. The molecule has 118 valence electrons. The molecule has 0 atom stereocenters. The normalized spacial score (nSPS) is 11.0. The van der Waals surface area contributed by atoms with Gasteiger partial charge in [-0.05, 0) is 36.2 Å². The van der Waals surface area contributed by atoms with Gasteiger partial charge in [0.2, 0.25) is 0 Å². The summed E-state index contributed by atoms with van der Waals surface area (Å²) < 4.78 is 11.3. The van der Waals surface area contributed by atoms with Crippen LogP contribution in [0.4, 0.5) is 0 Å². The van der Waals surface area contributed by atoms with Crippen molar-refractivity contribution in [2.75, 3.05) is 0 Å². The highest BCUT2D eigenvalue weighted by molar-refractivity contribution is 6.05. The van der Waals surface area contributed by atoms with Gasteiger partial charge in [-0.2, -0.15) is 0 Å². The first-order chi connectivity index (χ1) is 11.8. The Hall–Kier alpha value is -3.07. The van der Waals surface area contributed by atoms with Crippen molar-refractivity contribution < 1.29 is 13.9 Å². The number of benzene rings is 3. The Morgan fingerprint density at radius 3 is 2.46 bits per heavy atom. The molecular formula is C21H16O3. The Labute approximate surface area is 139 Å². The molecule has 0 saturated carbocycles. The van der Waals surface area contributed by atoms with Crippen LogP contribution in [0.15, 0.2) is 77.2 Å². The van der Waals surface area contributed by atoms with Crippen LogP contribution in [0.2, 0.25) is 0 Å². The highest BCUT2D eigenvalue weighted by Gasteiger charge is 2.10. The van der Waals surface area contributed by atoms with E-state index in [1.807, 2.05) is 66.7 Å². The van der Waals surface area contributed by atoms with E-state index in [0.29, 0.717) is 18.6 Å². The van der Waals surface area contributed by atoms with Crippen molar-refractivity contribution in [3.63, 3.8) is 0 Å². The highest BCUT2D eigenvalue weighted by Crippen LogP contribution is 2.31. The molecule has 3 aromatic carbocycles. The van der Waals surface area contributed by atoms with Crippen LogP contribution in [0, 0.1) is 0 Å². The molecule has 0 bridgehead atoms. The lowest BCUT2D eigenvalue weighted by molar-refractivity contribution is -0.134. The fraction of sp³-hybridized carbons (Fsp3) is 0.0952. The van der Waals surface area contributed by atoms with Gasteiger partial charge in [0.1, 0.15) is 16.9 Å². The standard InChI is InChI=1S/C21H16O3/c22-21(13-10-15-6-2-1-3-7-15)23-16-11-12-20-18(14-16)17-8-4-5-9-19(17)24-20/h1-9,11-12,14H,10,13H2. The van der Waals surface area contributed by atoms with Gasteiger partial charge in [0.25, 0.3) is 0 Å². The zero-order valence-electron chi connectivity index (χ0n) is 13.1. The molecule has 0 unspecified atom stereocenters. The van der Waals surface area contributed by atoms with Crippen LogP contribution >= 0.6 is 0 Å². The first-order valence-electron chi connectivity index (χ1n) is 7.95. The third-order valence-corrected chi connectivity index (χ3v) is 4.04. The number of fused-ring (bicyclic) bond motifs is 3. The summed E-state index contributed by atoms with van der Waals surface area (Å²) in [6.45, 7) is 0. The molecule has 0 fully saturated rings. The van der Waals surface area contributed by atoms with Crippen molar-refractivity contribution in [3.05, 3.63) is 78.4 Å². The van der Waals surface area contributed by atoms with Crippen LogP contribution in [0.1, 0.15) is 12.0 Å². The minimum absolute atomic E-state index is 0.231. The number of aryl methyl sites for hydroxylation is 1. The smallest absolute Gasteiger partial charge is 0.311 e. The Morgan fingerprint density at radius 2 is 1.58 bits per heavy atom. The van der Waals surface area contributed by atoms with E-state index < -0.39 is 0 Å². The number of furan rings is 1. The third-order valence-electron chi connectivity index (χ3n) is 4.04. The summed E-state index contributed by atoms with van der Waals surface area (Å²) in [6, 6.07) is 23.2. The van der Waals surface area contributed by atoms with Gasteiger partial charge in [0.15, 0.2) is 0 Å². The highest BCUT2D eigenvalue weighted by atomic mass is 16.5. The van der Waals surface area contributed by atoms with Gasteiger partial charge >= 0.3 is 5.97 Å². The average molecular weight is 316 g/mol. The number of carbonyl (C=O) groups excluding carboxylic acids is 1. The number of ether oxygens (including phenoxy) is 1. The molecule has 3 nitrogen and oxygen atoms in total. The molecule has 0 saturated heterocycles. The first-order valence-corrected chi connectivity index (χ1v) is 7.95. The van der Waals surface area contributed by atoms with Crippen LogP contribution < -0.4 is 4.74 Å². The van der Waals surface area contributed by atoms with E-state index in [1.54, 1.807) is 6.07 Å². The molecule has 0 aliphatic heterocycles. The minimum atomic E-state index is -0.231. The predicted octanol–water partition coefficient (Wildman–Crippen LogP) is 5.12. The lowest BCUT2D eigenvalue weighted by Gasteiger charge is -2.04. The SMILES string of the molecule is O=C(CCc1ccccc1)Oc1ccc2oc3ccccc3c2c1. The monoisotopic (exact) mass is 316 g/mol. The summed E-state index contributed by atoms with van der Waals surface area (Å²) >= 11 is 0. The number of hydrogen-bond donors (Lipinski definition) is 0. The van der Waals surface area contributed by atoms with E-state index in [-0.39, 0.29) is 5.97 Å². The Bertz CT molecular complexity index is 999. The molecule has 4 aromatic rings. The van der Waals surface area contributed by atoms with Crippen LogP contribution in [0.25, 0.3) is 21.9 Å². The molecule has 24 heavy (non-hydrogen) atoms. The topological polar surface area (TPSA) is 39.4 Å². The largest absolute Gasteiger partial charge is 0.456 e. The maximum absolute atomic E-state index is 12.1. The summed E-state index contributed by atoms with van der Waals surface area (Å²) in [5, 5.41) is 1.98. The zero-order valence-corrected chi connectivity index (χ0v) is 13.1. The Morgan fingerprint density at radius 1 is 0.833 bits per heavy atom. The van der Waals surface area contributed by atoms with E-state index in [9.17, 15) is 4.79 Å². The molecule has 0 aliphatic rings. The predicted molar refractivity (Wildman–Crippen MR) is 94.1 cm³/mol. The quantitative estimate of drug-likeness (QED) is 0.387.